The number of hydrogen-bond acceptors (Lipinski definition) is 1. The van der Waals surface area contributed by atoms with Crippen LogP contribution in [0.25, 0.3) is 0 Å². The Hall–Kier alpha value is -0.895. The van der Waals surface area contributed by atoms with E-state index in [2.05, 4.69) is 0 Å². The fourth-order valence-corrected chi connectivity index (χ4v) is 0.840. The van der Waals surface area contributed by atoms with Gasteiger partial charge in [-0.15, -0.1) is 0 Å². The van der Waals surface area contributed by atoms with E-state index in [4.69, 9.17) is 5.02 Å². The van der Waals surface area contributed by atoms with Crippen LogP contribution in [0.15, 0.2) is 18.2 Å². The van der Waals surface area contributed by atoms with Crippen LogP contribution < -0.4 is 5.46 Å². The molecule has 1 nitrogen and oxygen atoms in total. The lowest BCUT2D eigenvalue weighted by Gasteiger charge is -2.01. The van der Waals surface area contributed by atoms with Crippen LogP contribution in [0.3, 0.4) is 0 Å². The highest BCUT2D eigenvalue weighted by atomic mass is 19.1. The van der Waals surface area contributed by atoms with Gasteiger partial charge in [0.2, 0.25) is 0 Å². The second-order valence-electron chi connectivity index (χ2n) is 2.34. The Bertz CT molecular complexity index is 263. The number of halogens is 2. The van der Waals surface area contributed by atoms with Crippen LogP contribution >= 0.6 is 0 Å². The Morgan fingerprint density at radius 2 is 2.00 bits per heavy atom. The van der Waals surface area contributed by atoms with Gasteiger partial charge in [-0.3, -0.25) is 0 Å². The van der Waals surface area contributed by atoms with Crippen LogP contribution in [-0.2, 0) is 0 Å². The van der Waals surface area contributed by atoms with Gasteiger partial charge in [0.25, 0.3) is 0 Å². The molecule has 0 aliphatic carbocycles. The molecule has 0 aliphatic heterocycles. The Morgan fingerprint density at radius 3 is 2.45 bits per heavy atom. The first-order valence-corrected chi connectivity index (χ1v) is 3.24. The maximum atomic E-state index is 12.7. The Balaban J connectivity index is 3.09. The van der Waals surface area contributed by atoms with E-state index in [1.54, 1.807) is 0 Å². The second kappa shape index (κ2) is 3.01. The molecule has 0 aliphatic rings. The summed E-state index contributed by atoms with van der Waals surface area (Å²) < 4.78 is 25.0. The van der Waals surface area contributed by atoms with Crippen LogP contribution in [0.5, 0.6) is 0 Å². The monoisotopic (exact) mass is 156 g/mol. The fourth-order valence-electron chi connectivity index (χ4n) is 0.840. The van der Waals surface area contributed by atoms with Crippen molar-refractivity contribution in [1.82, 2.24) is 0 Å². The maximum Gasteiger partial charge on any atom is 0.323 e. The summed E-state index contributed by atoms with van der Waals surface area (Å²) in [5.74, 6) is -1.34. The molecule has 0 bridgehead atoms. The molecule has 0 radical (unpaired) electrons. The molecule has 1 rings (SSSR count). The highest BCUT2D eigenvalue weighted by Gasteiger charge is 2.11. The van der Waals surface area contributed by atoms with Gasteiger partial charge in [-0.25, -0.2) is 8.78 Å². The summed E-state index contributed by atoms with van der Waals surface area (Å²) >= 11 is 0. The van der Waals surface area contributed by atoms with Gasteiger partial charge in [-0.05, 0) is 11.5 Å². The van der Waals surface area contributed by atoms with Crippen molar-refractivity contribution in [3.63, 3.8) is 0 Å². The summed E-state index contributed by atoms with van der Waals surface area (Å²) in [5, 5.41) is 8.93. The summed E-state index contributed by atoms with van der Waals surface area (Å²) in [6, 6.07) is 3.10. The lowest BCUT2D eigenvalue weighted by Crippen LogP contribution is -2.29. The van der Waals surface area contributed by atoms with E-state index in [0.717, 1.165) is 12.1 Å². The number of benzene rings is 1. The quantitative estimate of drug-likeness (QED) is 0.595. The zero-order valence-corrected chi connectivity index (χ0v) is 6.01. The third-order valence-corrected chi connectivity index (χ3v) is 1.41. The van der Waals surface area contributed by atoms with E-state index in [1.807, 2.05) is 0 Å². The summed E-state index contributed by atoms with van der Waals surface area (Å²) in [7, 11) is 0. The van der Waals surface area contributed by atoms with Gasteiger partial charge in [0.1, 0.15) is 11.6 Å². The second-order valence-corrected chi connectivity index (χ2v) is 2.34. The van der Waals surface area contributed by atoms with Gasteiger partial charge < -0.3 is 5.02 Å². The molecular formula is C7H7BF2O. The summed E-state index contributed by atoms with van der Waals surface area (Å²) in [5.41, 5.74) is 0.117. The topological polar surface area (TPSA) is 20.2 Å². The molecule has 4 heteroatoms. The van der Waals surface area contributed by atoms with Gasteiger partial charge >= 0.3 is 6.92 Å². The molecular weight excluding hydrogens is 149 g/mol. The zero-order chi connectivity index (χ0) is 8.43. The molecule has 1 N–H and O–H groups in total. The average Bonchev–Trinajstić information content (AvgIpc) is 1.85. The van der Waals surface area contributed by atoms with Crippen LogP contribution in [0.4, 0.5) is 8.78 Å². The third kappa shape index (κ3) is 1.77. The van der Waals surface area contributed by atoms with E-state index in [0.29, 0.717) is 0 Å². The molecule has 0 spiro atoms. The van der Waals surface area contributed by atoms with Gasteiger partial charge in [0.15, 0.2) is 0 Å². The van der Waals surface area contributed by atoms with E-state index < -0.39 is 18.6 Å². The van der Waals surface area contributed by atoms with Crippen molar-refractivity contribution >= 4 is 12.4 Å². The molecule has 58 valence electrons. The first-order chi connectivity index (χ1) is 5.11. The molecule has 0 atom stereocenters. The number of rotatable bonds is 1. The highest BCUT2D eigenvalue weighted by Crippen LogP contribution is 1.99. The molecule has 0 amide bonds. The standard InChI is InChI=1S/C7H7BF2O/c1-8(11)6-3-2-5(9)4-7(6)10/h2-4,11H,1H3. The SMILES string of the molecule is CB(O)c1ccc(F)cc1F. The predicted octanol–water partition coefficient (Wildman–Crippen LogP) is 0.785. The highest BCUT2D eigenvalue weighted by molar-refractivity contribution is 6.64. The van der Waals surface area contributed by atoms with Crippen molar-refractivity contribution < 1.29 is 13.8 Å². The normalized spacial score (nSPS) is 9.82. The maximum absolute atomic E-state index is 12.7. The van der Waals surface area contributed by atoms with Crippen molar-refractivity contribution in [3.05, 3.63) is 29.8 Å². The van der Waals surface area contributed by atoms with Gasteiger partial charge in [-0.2, -0.15) is 0 Å². The first kappa shape index (κ1) is 8.20. The van der Waals surface area contributed by atoms with Crippen LogP contribution in [-0.4, -0.2) is 11.9 Å². The molecule has 0 fully saturated rings. The summed E-state index contributed by atoms with van der Waals surface area (Å²) in [6.07, 6.45) is 0. The van der Waals surface area contributed by atoms with E-state index >= 15 is 0 Å². The number of hydrogen-bond donors (Lipinski definition) is 1. The molecule has 0 unspecified atom stereocenters. The minimum Gasteiger partial charge on any atom is -0.446 e. The fraction of sp³-hybridized carbons (Fsp3) is 0.143. The molecule has 0 aromatic heterocycles. The van der Waals surface area contributed by atoms with Gasteiger partial charge in [0, 0.05) is 6.07 Å². The van der Waals surface area contributed by atoms with Gasteiger partial charge in [0.05, 0.1) is 0 Å². The van der Waals surface area contributed by atoms with Crippen molar-refractivity contribution in [2.24, 2.45) is 0 Å². The lowest BCUT2D eigenvalue weighted by atomic mass is 9.64. The first-order valence-electron chi connectivity index (χ1n) is 3.24. The van der Waals surface area contributed by atoms with Crippen LogP contribution in [0, 0.1) is 11.6 Å². The predicted molar refractivity (Wildman–Crippen MR) is 39.8 cm³/mol. The van der Waals surface area contributed by atoms with E-state index in [-0.39, 0.29) is 5.46 Å². The van der Waals surface area contributed by atoms with Crippen molar-refractivity contribution in [2.45, 2.75) is 6.82 Å². The van der Waals surface area contributed by atoms with Gasteiger partial charge in [-0.1, -0.05) is 12.9 Å². The molecule has 1 aromatic rings. The van der Waals surface area contributed by atoms with Crippen LogP contribution in [0.2, 0.25) is 6.82 Å². The summed E-state index contributed by atoms with van der Waals surface area (Å²) in [4.78, 5) is 0. The van der Waals surface area contributed by atoms with Crippen molar-refractivity contribution in [1.29, 1.82) is 0 Å². The molecule has 11 heavy (non-hydrogen) atoms. The van der Waals surface area contributed by atoms with Crippen molar-refractivity contribution in [2.75, 3.05) is 0 Å². The molecule has 0 saturated carbocycles. The lowest BCUT2D eigenvalue weighted by molar-refractivity contribution is 0.572. The largest absolute Gasteiger partial charge is 0.446 e. The minimum atomic E-state index is -0.893. The van der Waals surface area contributed by atoms with Crippen molar-refractivity contribution in [3.8, 4) is 0 Å². The third-order valence-electron chi connectivity index (χ3n) is 1.41. The molecule has 0 saturated heterocycles. The minimum absolute atomic E-state index is 0.117. The Labute approximate surface area is 63.8 Å². The average molecular weight is 156 g/mol. The molecule has 1 aromatic carbocycles. The smallest absolute Gasteiger partial charge is 0.323 e. The van der Waals surface area contributed by atoms with E-state index in [1.165, 1.54) is 12.9 Å². The molecule has 0 heterocycles. The Morgan fingerprint density at radius 1 is 1.36 bits per heavy atom. The van der Waals surface area contributed by atoms with Crippen LogP contribution in [0.1, 0.15) is 0 Å². The zero-order valence-electron chi connectivity index (χ0n) is 6.01. The Kier molecular flexibility index (Phi) is 2.24. The van der Waals surface area contributed by atoms with E-state index in [9.17, 15) is 8.78 Å². The summed E-state index contributed by atoms with van der Waals surface area (Å²) in [6.45, 7) is 0.534.